The van der Waals surface area contributed by atoms with Gasteiger partial charge in [-0.25, -0.2) is 0 Å². The van der Waals surface area contributed by atoms with Crippen molar-refractivity contribution in [1.82, 2.24) is 5.32 Å². The molecule has 0 unspecified atom stereocenters. The lowest BCUT2D eigenvalue weighted by Gasteiger charge is -2.14. The molecule has 1 rings (SSSR count). The third kappa shape index (κ3) is 7.60. The molecule has 1 aromatic rings. The Kier molecular flexibility index (Phi) is 7.25. The van der Waals surface area contributed by atoms with Gasteiger partial charge in [-0.05, 0) is 5.56 Å². The number of hydrogen-bond acceptors (Lipinski definition) is 6. The Labute approximate surface area is 132 Å². The monoisotopic (exact) mass is 322 g/mol. The molecule has 0 aliphatic rings. The topological polar surface area (TPSA) is 125 Å². The summed E-state index contributed by atoms with van der Waals surface area (Å²) in [6.07, 6.45) is -0.409. The van der Waals surface area contributed by atoms with Crippen LogP contribution in [0.15, 0.2) is 30.3 Å². The normalized spacial score (nSPS) is 11.2. The highest BCUT2D eigenvalue weighted by atomic mass is 16.5. The van der Waals surface area contributed by atoms with Crippen LogP contribution in [-0.2, 0) is 35.3 Å². The Hall–Kier alpha value is -2.90. The average Bonchev–Trinajstić information content (AvgIpc) is 2.51. The molecule has 0 aromatic heterocycles. The van der Waals surface area contributed by atoms with Gasteiger partial charge in [0.15, 0.2) is 6.61 Å². The van der Waals surface area contributed by atoms with E-state index in [1.54, 1.807) is 24.3 Å². The number of carbonyl (C=O) groups is 4. The molecule has 1 atom stereocenters. The van der Waals surface area contributed by atoms with Gasteiger partial charge in [0.2, 0.25) is 5.91 Å². The van der Waals surface area contributed by atoms with Crippen LogP contribution >= 0.6 is 0 Å². The van der Waals surface area contributed by atoms with E-state index in [1.165, 1.54) is 0 Å². The van der Waals surface area contributed by atoms with Crippen molar-refractivity contribution in [2.75, 3.05) is 6.61 Å². The van der Waals surface area contributed by atoms with Crippen molar-refractivity contribution in [2.24, 2.45) is 5.73 Å². The van der Waals surface area contributed by atoms with E-state index in [1.807, 2.05) is 6.07 Å². The van der Waals surface area contributed by atoms with Gasteiger partial charge in [0.05, 0.1) is 6.42 Å². The molecule has 0 fully saturated rings. The molecular weight excluding hydrogens is 304 g/mol. The summed E-state index contributed by atoms with van der Waals surface area (Å²) in [7, 11) is 0. The Morgan fingerprint density at radius 2 is 1.78 bits per heavy atom. The van der Waals surface area contributed by atoms with Crippen molar-refractivity contribution >= 4 is 23.8 Å². The second-order valence-corrected chi connectivity index (χ2v) is 4.65. The van der Waals surface area contributed by atoms with Gasteiger partial charge in [0, 0.05) is 6.92 Å². The predicted octanol–water partition coefficient (Wildman–Crippen LogP) is -0.347. The molecule has 0 aliphatic heterocycles. The van der Waals surface area contributed by atoms with Crippen molar-refractivity contribution in [3.8, 4) is 0 Å². The van der Waals surface area contributed by atoms with E-state index in [0.717, 1.165) is 12.5 Å². The molecule has 0 saturated heterocycles. The van der Waals surface area contributed by atoms with Gasteiger partial charge in [0.1, 0.15) is 12.6 Å². The van der Waals surface area contributed by atoms with Gasteiger partial charge in [0.25, 0.3) is 5.91 Å². The number of carbonyl (C=O) groups excluding carboxylic acids is 4. The van der Waals surface area contributed by atoms with Crippen LogP contribution in [0.4, 0.5) is 0 Å². The molecule has 0 heterocycles. The van der Waals surface area contributed by atoms with Gasteiger partial charge in [-0.2, -0.15) is 0 Å². The van der Waals surface area contributed by atoms with E-state index in [4.69, 9.17) is 10.5 Å². The minimum atomic E-state index is -1.23. The lowest BCUT2D eigenvalue weighted by atomic mass is 10.2. The first-order valence-electron chi connectivity index (χ1n) is 6.80. The van der Waals surface area contributed by atoms with E-state index in [0.29, 0.717) is 0 Å². The van der Waals surface area contributed by atoms with E-state index in [9.17, 15) is 19.2 Å². The van der Waals surface area contributed by atoms with Gasteiger partial charge in [-0.3, -0.25) is 19.2 Å². The molecule has 8 heteroatoms. The smallest absolute Gasteiger partial charge is 0.308 e. The molecular formula is C15H18N2O6. The summed E-state index contributed by atoms with van der Waals surface area (Å²) >= 11 is 0. The molecule has 3 N–H and O–H groups in total. The van der Waals surface area contributed by atoms with Crippen LogP contribution < -0.4 is 11.1 Å². The lowest BCUT2D eigenvalue weighted by molar-refractivity contribution is -0.149. The zero-order chi connectivity index (χ0) is 17.2. The zero-order valence-corrected chi connectivity index (χ0v) is 12.6. The van der Waals surface area contributed by atoms with Crippen LogP contribution in [0.5, 0.6) is 0 Å². The number of rotatable bonds is 8. The van der Waals surface area contributed by atoms with E-state index < -0.39 is 42.8 Å². The predicted molar refractivity (Wildman–Crippen MR) is 78.6 cm³/mol. The summed E-state index contributed by atoms with van der Waals surface area (Å²) in [6.45, 7) is 0.629. The number of esters is 2. The lowest BCUT2D eigenvalue weighted by Crippen LogP contribution is -2.47. The largest absolute Gasteiger partial charge is 0.461 e. The number of ether oxygens (including phenoxy) is 2. The van der Waals surface area contributed by atoms with Crippen molar-refractivity contribution in [3.63, 3.8) is 0 Å². The molecule has 0 radical (unpaired) electrons. The van der Waals surface area contributed by atoms with E-state index in [-0.39, 0.29) is 6.61 Å². The number of primary amides is 1. The van der Waals surface area contributed by atoms with Gasteiger partial charge < -0.3 is 20.5 Å². The third-order valence-corrected chi connectivity index (χ3v) is 2.70. The highest BCUT2D eigenvalue weighted by Crippen LogP contribution is 2.03. The van der Waals surface area contributed by atoms with Gasteiger partial charge in [-0.1, -0.05) is 30.3 Å². The Morgan fingerprint density at radius 3 is 2.35 bits per heavy atom. The van der Waals surface area contributed by atoms with Crippen molar-refractivity contribution in [3.05, 3.63) is 35.9 Å². The number of nitrogens with two attached hydrogens (primary N) is 1. The molecule has 124 valence electrons. The molecule has 1 aromatic carbocycles. The van der Waals surface area contributed by atoms with Crippen molar-refractivity contribution in [2.45, 2.75) is 26.0 Å². The quantitative estimate of drug-likeness (QED) is 0.630. The fraction of sp³-hybridized carbons (Fsp3) is 0.333. The summed E-state index contributed by atoms with van der Waals surface area (Å²) in [4.78, 5) is 45.1. The first-order chi connectivity index (χ1) is 10.9. The Morgan fingerprint density at radius 1 is 1.13 bits per heavy atom. The fourth-order valence-electron chi connectivity index (χ4n) is 1.59. The zero-order valence-electron chi connectivity index (χ0n) is 12.6. The Balaban J connectivity index is 2.45. The summed E-state index contributed by atoms with van der Waals surface area (Å²) in [5.41, 5.74) is 5.91. The standard InChI is InChI=1S/C15H18N2O6/c1-10(18)22-9-13(19)17-12(15(16)21)7-14(20)23-8-11-5-3-2-4-6-11/h2-6,12H,7-9H2,1H3,(H2,16,21)(H,17,19)/t12-/m1/s1. The minimum Gasteiger partial charge on any atom is -0.461 e. The summed E-state index contributed by atoms with van der Waals surface area (Å²) in [6, 6.07) is 7.74. The fourth-order valence-corrected chi connectivity index (χ4v) is 1.59. The molecule has 0 aliphatic carbocycles. The SMILES string of the molecule is CC(=O)OCC(=O)N[C@H](CC(=O)OCc1ccccc1)C(N)=O. The first-order valence-corrected chi connectivity index (χ1v) is 6.80. The maximum Gasteiger partial charge on any atom is 0.308 e. The average molecular weight is 322 g/mol. The number of hydrogen-bond donors (Lipinski definition) is 2. The number of amides is 2. The highest BCUT2D eigenvalue weighted by molar-refractivity contribution is 5.90. The summed E-state index contributed by atoms with van der Waals surface area (Å²) in [5, 5.41) is 2.21. The number of nitrogens with one attached hydrogen (secondary N) is 1. The minimum absolute atomic E-state index is 0.0482. The van der Waals surface area contributed by atoms with Crippen molar-refractivity contribution in [1.29, 1.82) is 0 Å². The molecule has 8 nitrogen and oxygen atoms in total. The first kappa shape index (κ1) is 18.1. The van der Waals surface area contributed by atoms with Crippen LogP contribution in [0.25, 0.3) is 0 Å². The maximum absolute atomic E-state index is 11.7. The summed E-state index contributed by atoms with van der Waals surface area (Å²) in [5.74, 6) is -2.96. The molecule has 23 heavy (non-hydrogen) atoms. The second-order valence-electron chi connectivity index (χ2n) is 4.65. The second kappa shape index (κ2) is 9.19. The molecule has 0 spiro atoms. The van der Waals surface area contributed by atoms with Crippen LogP contribution in [-0.4, -0.2) is 36.4 Å². The molecule has 2 amide bonds. The molecule has 0 saturated carbocycles. The van der Waals surface area contributed by atoms with Crippen molar-refractivity contribution < 1.29 is 28.7 Å². The Bertz CT molecular complexity index is 573. The van der Waals surface area contributed by atoms with E-state index in [2.05, 4.69) is 10.1 Å². The third-order valence-electron chi connectivity index (χ3n) is 2.70. The van der Waals surface area contributed by atoms with Gasteiger partial charge >= 0.3 is 11.9 Å². The van der Waals surface area contributed by atoms with Crippen LogP contribution in [0.2, 0.25) is 0 Å². The van der Waals surface area contributed by atoms with Crippen LogP contribution in [0.1, 0.15) is 18.9 Å². The summed E-state index contributed by atoms with van der Waals surface area (Å²) < 4.78 is 9.48. The number of benzene rings is 1. The van der Waals surface area contributed by atoms with Gasteiger partial charge in [-0.15, -0.1) is 0 Å². The van der Waals surface area contributed by atoms with Crippen LogP contribution in [0.3, 0.4) is 0 Å². The highest BCUT2D eigenvalue weighted by Gasteiger charge is 2.22. The van der Waals surface area contributed by atoms with E-state index >= 15 is 0 Å². The maximum atomic E-state index is 11.7. The molecule has 0 bridgehead atoms. The van der Waals surface area contributed by atoms with Crippen LogP contribution in [0, 0.1) is 0 Å².